The number of hydrazone groups is 1. The van der Waals surface area contributed by atoms with Gasteiger partial charge in [0, 0.05) is 27.4 Å². The van der Waals surface area contributed by atoms with Crippen LogP contribution < -0.4 is 5.56 Å². The SMILES string of the molecule is O=C(c1ccc(Br)o1)N1N=C(c2c(-c3ccccc3)c3cc(Br)ccc3[nH]c2=O)C[C@H]1c1ccco1. The van der Waals surface area contributed by atoms with E-state index in [1.807, 2.05) is 48.5 Å². The van der Waals surface area contributed by atoms with Crippen LogP contribution in [-0.2, 0) is 0 Å². The zero-order valence-electron chi connectivity index (χ0n) is 18.6. The van der Waals surface area contributed by atoms with Gasteiger partial charge >= 0.3 is 5.91 Å². The average molecular weight is 607 g/mol. The quantitative estimate of drug-likeness (QED) is 0.241. The molecular formula is C27H17Br2N3O4. The van der Waals surface area contributed by atoms with E-state index in [1.165, 1.54) is 5.01 Å². The second-order valence-electron chi connectivity index (χ2n) is 8.30. The number of carbonyl (C=O) groups is 1. The number of hydrogen-bond acceptors (Lipinski definition) is 5. The Morgan fingerprint density at radius 1 is 1.00 bits per heavy atom. The monoisotopic (exact) mass is 605 g/mol. The van der Waals surface area contributed by atoms with Gasteiger partial charge in [-0.2, -0.15) is 5.10 Å². The van der Waals surface area contributed by atoms with E-state index in [0.717, 1.165) is 21.0 Å². The minimum Gasteiger partial charge on any atom is -0.467 e. The highest BCUT2D eigenvalue weighted by Crippen LogP contribution is 2.38. The van der Waals surface area contributed by atoms with Crippen LogP contribution in [0.4, 0.5) is 0 Å². The van der Waals surface area contributed by atoms with Gasteiger partial charge in [-0.05, 0) is 64.0 Å². The molecule has 0 radical (unpaired) electrons. The van der Waals surface area contributed by atoms with E-state index in [1.54, 1.807) is 30.5 Å². The number of nitrogens with zero attached hydrogens (tertiary/aromatic N) is 2. The summed E-state index contributed by atoms with van der Waals surface area (Å²) in [5.74, 6) is 0.260. The van der Waals surface area contributed by atoms with Crippen molar-refractivity contribution in [3.63, 3.8) is 0 Å². The van der Waals surface area contributed by atoms with Crippen molar-refractivity contribution in [3.8, 4) is 11.1 Å². The van der Waals surface area contributed by atoms with Gasteiger partial charge in [-0.1, -0.05) is 46.3 Å². The first kappa shape index (κ1) is 22.8. The highest BCUT2D eigenvalue weighted by atomic mass is 79.9. The van der Waals surface area contributed by atoms with Crippen LogP contribution in [0.3, 0.4) is 0 Å². The van der Waals surface area contributed by atoms with E-state index in [4.69, 9.17) is 13.9 Å². The van der Waals surface area contributed by atoms with Gasteiger partial charge in [0.1, 0.15) is 11.8 Å². The van der Waals surface area contributed by atoms with Crippen molar-refractivity contribution in [2.24, 2.45) is 5.10 Å². The summed E-state index contributed by atoms with van der Waals surface area (Å²) in [6.07, 6.45) is 1.85. The predicted octanol–water partition coefficient (Wildman–Crippen LogP) is 6.90. The lowest BCUT2D eigenvalue weighted by Gasteiger charge is -2.18. The number of hydrogen-bond donors (Lipinski definition) is 1. The molecule has 6 rings (SSSR count). The van der Waals surface area contributed by atoms with E-state index >= 15 is 0 Å². The number of aromatic amines is 1. The minimum atomic E-state index is -0.535. The zero-order chi connectivity index (χ0) is 24.8. The second kappa shape index (κ2) is 9.07. The molecule has 3 aromatic heterocycles. The maximum Gasteiger partial charge on any atom is 0.310 e. The first-order chi connectivity index (χ1) is 17.5. The Balaban J connectivity index is 1.57. The molecule has 2 aromatic carbocycles. The first-order valence-electron chi connectivity index (χ1n) is 11.1. The first-order valence-corrected chi connectivity index (χ1v) is 12.7. The zero-order valence-corrected chi connectivity index (χ0v) is 21.7. The Hall–Kier alpha value is -3.69. The molecule has 0 bridgehead atoms. The van der Waals surface area contributed by atoms with Gasteiger partial charge in [0.2, 0.25) is 0 Å². The number of benzene rings is 2. The summed E-state index contributed by atoms with van der Waals surface area (Å²) in [5, 5.41) is 6.89. The lowest BCUT2D eigenvalue weighted by Crippen LogP contribution is -2.26. The van der Waals surface area contributed by atoms with E-state index < -0.39 is 11.9 Å². The van der Waals surface area contributed by atoms with Gasteiger partial charge in [0.05, 0.1) is 17.5 Å². The van der Waals surface area contributed by atoms with Crippen molar-refractivity contribution >= 4 is 54.4 Å². The summed E-state index contributed by atoms with van der Waals surface area (Å²) in [7, 11) is 0. The molecular weight excluding hydrogens is 590 g/mol. The van der Waals surface area contributed by atoms with Gasteiger partial charge in [-0.15, -0.1) is 0 Å². The Morgan fingerprint density at radius 3 is 2.56 bits per heavy atom. The molecule has 1 atom stereocenters. The third kappa shape index (κ3) is 3.94. The summed E-state index contributed by atoms with van der Waals surface area (Å²) in [6, 6.07) is 21.7. The van der Waals surface area contributed by atoms with E-state index in [2.05, 4.69) is 36.8 Å². The standard InChI is InChI=1S/C27H17Br2N3O4/c28-16-8-9-18-17(13-16)24(15-5-2-1-3-6-15)25(26(33)30-18)19-14-20(21-7-4-12-35-21)32(31-19)27(34)22-10-11-23(29)36-22/h1-13,20H,14H2,(H,30,33)/t20-/m0/s1. The number of fused-ring (bicyclic) bond motifs is 1. The van der Waals surface area contributed by atoms with Crippen molar-refractivity contribution in [2.75, 3.05) is 0 Å². The van der Waals surface area contributed by atoms with Crippen molar-refractivity contribution < 1.29 is 13.6 Å². The third-order valence-electron chi connectivity index (χ3n) is 6.10. The smallest absolute Gasteiger partial charge is 0.310 e. The molecule has 0 saturated heterocycles. The van der Waals surface area contributed by atoms with Crippen LogP contribution >= 0.6 is 31.9 Å². The molecule has 1 N–H and O–H groups in total. The number of pyridine rings is 1. The van der Waals surface area contributed by atoms with Crippen LogP contribution in [0.2, 0.25) is 0 Å². The maximum atomic E-state index is 13.5. The fourth-order valence-corrected chi connectivity index (χ4v) is 5.21. The average Bonchev–Trinajstić information content (AvgIpc) is 3.64. The molecule has 4 heterocycles. The van der Waals surface area contributed by atoms with E-state index in [9.17, 15) is 9.59 Å². The number of nitrogens with one attached hydrogen (secondary N) is 1. The Kier molecular flexibility index (Phi) is 5.73. The Morgan fingerprint density at radius 2 is 1.83 bits per heavy atom. The summed E-state index contributed by atoms with van der Waals surface area (Å²) in [5.41, 5.74) is 2.95. The molecule has 1 aliphatic heterocycles. The fourth-order valence-electron chi connectivity index (χ4n) is 4.54. The summed E-state index contributed by atoms with van der Waals surface area (Å²) >= 11 is 6.80. The number of aromatic nitrogens is 1. The van der Waals surface area contributed by atoms with Gasteiger partial charge in [-0.25, -0.2) is 5.01 Å². The normalized spacial score (nSPS) is 15.4. The third-order valence-corrected chi connectivity index (χ3v) is 7.02. The molecule has 36 heavy (non-hydrogen) atoms. The fraction of sp³-hybridized carbons (Fsp3) is 0.0741. The summed E-state index contributed by atoms with van der Waals surface area (Å²) < 4.78 is 12.5. The van der Waals surface area contributed by atoms with E-state index in [-0.39, 0.29) is 11.3 Å². The molecule has 7 nitrogen and oxygen atoms in total. The molecule has 0 saturated carbocycles. The number of halogens is 2. The number of furan rings is 2. The highest BCUT2D eigenvalue weighted by Gasteiger charge is 2.38. The molecule has 1 aliphatic rings. The number of rotatable bonds is 4. The number of carbonyl (C=O) groups excluding carboxylic acids is 1. The van der Waals surface area contributed by atoms with Crippen LogP contribution in [0, 0.1) is 0 Å². The van der Waals surface area contributed by atoms with Crippen molar-refractivity contribution in [1.29, 1.82) is 0 Å². The molecule has 0 unspecified atom stereocenters. The van der Waals surface area contributed by atoms with Crippen LogP contribution in [0.1, 0.15) is 34.3 Å². The summed E-state index contributed by atoms with van der Waals surface area (Å²) in [6.45, 7) is 0. The van der Waals surface area contributed by atoms with Crippen molar-refractivity contribution in [1.82, 2.24) is 9.99 Å². The molecule has 1 amide bonds. The lowest BCUT2D eigenvalue weighted by atomic mass is 9.92. The van der Waals surface area contributed by atoms with Crippen LogP contribution in [-0.4, -0.2) is 21.6 Å². The highest BCUT2D eigenvalue weighted by molar-refractivity contribution is 9.10. The van der Waals surface area contributed by atoms with Crippen molar-refractivity contribution in [2.45, 2.75) is 12.5 Å². The molecule has 0 spiro atoms. The molecule has 178 valence electrons. The van der Waals surface area contributed by atoms with Crippen LogP contribution in [0.5, 0.6) is 0 Å². The number of amides is 1. The van der Waals surface area contributed by atoms with Gasteiger partial charge in [0.15, 0.2) is 10.4 Å². The Bertz CT molecular complexity index is 1690. The van der Waals surface area contributed by atoms with E-state index in [0.29, 0.717) is 33.6 Å². The largest absolute Gasteiger partial charge is 0.467 e. The van der Waals surface area contributed by atoms with Gasteiger partial charge in [-0.3, -0.25) is 9.59 Å². The van der Waals surface area contributed by atoms with Crippen LogP contribution in [0.25, 0.3) is 22.0 Å². The maximum absolute atomic E-state index is 13.5. The summed E-state index contributed by atoms with van der Waals surface area (Å²) in [4.78, 5) is 29.9. The minimum absolute atomic E-state index is 0.128. The molecule has 0 aliphatic carbocycles. The lowest BCUT2D eigenvalue weighted by molar-refractivity contribution is 0.0659. The Labute approximate surface area is 221 Å². The molecule has 9 heteroatoms. The van der Waals surface area contributed by atoms with Crippen molar-refractivity contribution in [3.05, 3.63) is 116 Å². The predicted molar refractivity (Wildman–Crippen MR) is 143 cm³/mol. The second-order valence-corrected chi connectivity index (χ2v) is 9.99. The molecule has 0 fully saturated rings. The van der Waals surface area contributed by atoms with Gasteiger partial charge in [0.25, 0.3) is 5.56 Å². The molecule has 5 aromatic rings. The number of H-pyrrole nitrogens is 1. The topological polar surface area (TPSA) is 91.8 Å². The van der Waals surface area contributed by atoms with Crippen LogP contribution in [0.15, 0.2) is 107 Å². The van der Waals surface area contributed by atoms with Gasteiger partial charge < -0.3 is 13.8 Å².